The molecule has 0 aliphatic heterocycles. The lowest BCUT2D eigenvalue weighted by molar-refractivity contribution is -0.131. The average molecular weight is 236 g/mol. The third-order valence-corrected chi connectivity index (χ3v) is 2.90. The minimum Gasteiger partial charge on any atom is -0.478 e. The maximum Gasteiger partial charge on any atom is 0.328 e. The number of aryl methyl sites for hydroxylation is 1. The predicted octanol–water partition coefficient (Wildman–Crippen LogP) is 3.23. The number of H-pyrrole nitrogens is 1. The largest absolute Gasteiger partial charge is 0.478 e. The van der Waals surface area contributed by atoms with Crippen LogP contribution in [0.4, 0.5) is 0 Å². The van der Waals surface area contributed by atoms with Gasteiger partial charge in [-0.1, -0.05) is 17.7 Å². The molecule has 0 saturated carbocycles. The van der Waals surface area contributed by atoms with Gasteiger partial charge in [-0.3, -0.25) is 0 Å². The van der Waals surface area contributed by atoms with Gasteiger partial charge in [-0.05, 0) is 24.6 Å². The first kappa shape index (κ1) is 10.8. The van der Waals surface area contributed by atoms with Crippen molar-refractivity contribution >= 4 is 34.5 Å². The number of halogens is 1. The van der Waals surface area contributed by atoms with E-state index in [9.17, 15) is 4.79 Å². The summed E-state index contributed by atoms with van der Waals surface area (Å²) < 4.78 is 0. The van der Waals surface area contributed by atoms with Crippen molar-refractivity contribution in [2.24, 2.45) is 0 Å². The summed E-state index contributed by atoms with van der Waals surface area (Å²) in [6.07, 6.45) is 4.45. The molecule has 2 N–H and O–H groups in total. The Labute approximate surface area is 97.4 Å². The van der Waals surface area contributed by atoms with Gasteiger partial charge in [0.1, 0.15) is 0 Å². The summed E-state index contributed by atoms with van der Waals surface area (Å²) in [6.45, 7) is 1.92. The molecule has 2 aromatic rings. The third-order valence-electron chi connectivity index (χ3n) is 2.49. The van der Waals surface area contributed by atoms with E-state index in [-0.39, 0.29) is 0 Å². The number of carboxylic acid groups (broad SMARTS) is 1. The van der Waals surface area contributed by atoms with E-state index in [0.717, 1.165) is 28.1 Å². The second-order valence-electron chi connectivity index (χ2n) is 3.51. The van der Waals surface area contributed by atoms with Crippen molar-refractivity contribution < 1.29 is 9.90 Å². The lowest BCUT2D eigenvalue weighted by atomic mass is 10.1. The Morgan fingerprint density at radius 1 is 1.50 bits per heavy atom. The lowest BCUT2D eigenvalue weighted by Crippen LogP contribution is -1.85. The van der Waals surface area contributed by atoms with Crippen LogP contribution in [0.3, 0.4) is 0 Å². The molecule has 1 aromatic carbocycles. The van der Waals surface area contributed by atoms with Gasteiger partial charge >= 0.3 is 5.97 Å². The molecule has 4 heteroatoms. The molecule has 1 aromatic heterocycles. The Kier molecular flexibility index (Phi) is 2.71. The van der Waals surface area contributed by atoms with Crippen molar-refractivity contribution in [3.63, 3.8) is 0 Å². The van der Waals surface area contributed by atoms with E-state index >= 15 is 0 Å². The van der Waals surface area contributed by atoms with E-state index in [1.165, 1.54) is 0 Å². The molecule has 0 saturated heterocycles. The van der Waals surface area contributed by atoms with E-state index in [4.69, 9.17) is 16.7 Å². The zero-order chi connectivity index (χ0) is 11.7. The van der Waals surface area contributed by atoms with Gasteiger partial charge in [-0.25, -0.2) is 4.79 Å². The van der Waals surface area contributed by atoms with Crippen LogP contribution in [0.25, 0.3) is 17.0 Å². The minimum absolute atomic E-state index is 0.697. The molecule has 0 amide bonds. The van der Waals surface area contributed by atoms with E-state index in [1.54, 1.807) is 12.3 Å². The fourth-order valence-electron chi connectivity index (χ4n) is 1.64. The number of nitrogens with one attached hydrogen (secondary N) is 1. The van der Waals surface area contributed by atoms with Gasteiger partial charge in [0.25, 0.3) is 0 Å². The molecule has 0 atom stereocenters. The molecule has 0 radical (unpaired) electrons. The van der Waals surface area contributed by atoms with Gasteiger partial charge in [-0.2, -0.15) is 0 Å². The summed E-state index contributed by atoms with van der Waals surface area (Å²) in [6, 6.07) is 3.69. The molecule has 0 fully saturated rings. The van der Waals surface area contributed by atoms with Crippen molar-refractivity contribution in [1.82, 2.24) is 4.98 Å². The maximum absolute atomic E-state index is 10.4. The van der Waals surface area contributed by atoms with Crippen LogP contribution >= 0.6 is 11.6 Å². The molecule has 0 bridgehead atoms. The molecule has 0 aliphatic carbocycles. The Balaban J connectivity index is 2.58. The lowest BCUT2D eigenvalue weighted by Gasteiger charge is -1.99. The summed E-state index contributed by atoms with van der Waals surface area (Å²) in [5, 5.41) is 10.2. The number of fused-ring (bicyclic) bond motifs is 1. The van der Waals surface area contributed by atoms with Gasteiger partial charge in [0.05, 0.1) is 5.52 Å². The highest BCUT2D eigenvalue weighted by atomic mass is 35.5. The summed E-state index contributed by atoms with van der Waals surface area (Å²) in [7, 11) is 0. The Morgan fingerprint density at radius 2 is 2.25 bits per heavy atom. The number of benzene rings is 1. The van der Waals surface area contributed by atoms with E-state index < -0.39 is 5.97 Å². The fourth-order valence-corrected chi connectivity index (χ4v) is 1.80. The molecule has 16 heavy (non-hydrogen) atoms. The first-order chi connectivity index (χ1) is 7.59. The quantitative estimate of drug-likeness (QED) is 0.786. The molecule has 0 unspecified atom stereocenters. The molecule has 1 heterocycles. The van der Waals surface area contributed by atoms with E-state index in [0.29, 0.717) is 5.02 Å². The third kappa shape index (κ3) is 1.82. The number of aromatic amines is 1. The summed E-state index contributed by atoms with van der Waals surface area (Å²) in [4.78, 5) is 13.5. The van der Waals surface area contributed by atoms with Gasteiger partial charge in [0.15, 0.2) is 0 Å². The van der Waals surface area contributed by atoms with Crippen molar-refractivity contribution in [2.75, 3.05) is 0 Å². The van der Waals surface area contributed by atoms with Crippen molar-refractivity contribution in [2.45, 2.75) is 6.92 Å². The molecular formula is C12H10ClNO2. The SMILES string of the molecule is Cc1c(Cl)ccc2c(/C=C/C(=O)O)c[nH]c12. The smallest absolute Gasteiger partial charge is 0.328 e. The highest BCUT2D eigenvalue weighted by Gasteiger charge is 2.06. The maximum atomic E-state index is 10.4. The number of rotatable bonds is 2. The zero-order valence-electron chi connectivity index (χ0n) is 8.62. The molecule has 82 valence electrons. The fraction of sp³-hybridized carbons (Fsp3) is 0.0833. The van der Waals surface area contributed by atoms with Crippen LogP contribution < -0.4 is 0 Å². The topological polar surface area (TPSA) is 53.1 Å². The molecular weight excluding hydrogens is 226 g/mol. The molecule has 0 spiro atoms. The Bertz CT molecular complexity index is 584. The minimum atomic E-state index is -0.958. The van der Waals surface area contributed by atoms with Crippen LogP contribution in [0.2, 0.25) is 5.02 Å². The second-order valence-corrected chi connectivity index (χ2v) is 3.92. The van der Waals surface area contributed by atoms with Gasteiger partial charge in [0.2, 0.25) is 0 Å². The average Bonchev–Trinajstić information content (AvgIpc) is 2.64. The Hall–Kier alpha value is -1.74. The van der Waals surface area contributed by atoms with Crippen molar-refractivity contribution in [1.29, 1.82) is 0 Å². The van der Waals surface area contributed by atoms with Crippen molar-refractivity contribution in [3.8, 4) is 0 Å². The first-order valence-corrected chi connectivity index (χ1v) is 5.14. The van der Waals surface area contributed by atoms with Crippen LogP contribution in [-0.4, -0.2) is 16.1 Å². The monoisotopic (exact) mass is 235 g/mol. The second kappa shape index (κ2) is 4.02. The summed E-state index contributed by atoms with van der Waals surface area (Å²) in [5.74, 6) is -0.958. The van der Waals surface area contributed by atoms with Gasteiger partial charge in [-0.15, -0.1) is 0 Å². The van der Waals surface area contributed by atoms with Crippen LogP contribution in [0.15, 0.2) is 24.4 Å². The van der Waals surface area contributed by atoms with Gasteiger partial charge in [0, 0.05) is 28.2 Å². The van der Waals surface area contributed by atoms with Gasteiger partial charge < -0.3 is 10.1 Å². The van der Waals surface area contributed by atoms with E-state index in [2.05, 4.69) is 4.98 Å². The molecule has 0 aliphatic rings. The summed E-state index contributed by atoms with van der Waals surface area (Å²) in [5.41, 5.74) is 2.75. The van der Waals surface area contributed by atoms with Crippen LogP contribution in [0.5, 0.6) is 0 Å². The number of hydrogen-bond acceptors (Lipinski definition) is 1. The number of carbonyl (C=O) groups is 1. The summed E-state index contributed by atoms with van der Waals surface area (Å²) >= 11 is 5.99. The standard InChI is InChI=1S/C12H10ClNO2/c1-7-10(13)4-3-9-8(2-5-11(15)16)6-14-12(7)9/h2-6,14H,1H3,(H,15,16)/b5-2+. The highest BCUT2D eigenvalue weighted by molar-refractivity contribution is 6.32. The number of aromatic nitrogens is 1. The first-order valence-electron chi connectivity index (χ1n) is 4.77. The number of aliphatic carboxylic acids is 1. The Morgan fingerprint density at radius 3 is 2.94 bits per heavy atom. The predicted molar refractivity (Wildman–Crippen MR) is 64.7 cm³/mol. The molecule has 2 rings (SSSR count). The highest BCUT2D eigenvalue weighted by Crippen LogP contribution is 2.27. The van der Waals surface area contributed by atoms with Crippen LogP contribution in [-0.2, 0) is 4.79 Å². The van der Waals surface area contributed by atoms with Crippen molar-refractivity contribution in [3.05, 3.63) is 40.6 Å². The van der Waals surface area contributed by atoms with Crippen LogP contribution in [0.1, 0.15) is 11.1 Å². The zero-order valence-corrected chi connectivity index (χ0v) is 9.38. The number of carboxylic acids is 1. The normalized spacial score (nSPS) is 11.4. The molecule has 3 nitrogen and oxygen atoms in total. The van der Waals surface area contributed by atoms with E-state index in [1.807, 2.05) is 19.1 Å². The number of hydrogen-bond donors (Lipinski definition) is 2. The van der Waals surface area contributed by atoms with Crippen LogP contribution in [0, 0.1) is 6.92 Å².